The average molecular weight is 372 g/mol. The molecule has 2 aliphatic rings. The van der Waals surface area contributed by atoms with Crippen molar-refractivity contribution in [3.05, 3.63) is 40.7 Å². The van der Waals surface area contributed by atoms with Crippen molar-refractivity contribution >= 4 is 22.5 Å². The molecular weight excluding hydrogens is 348 g/mol. The lowest BCUT2D eigenvalue weighted by Gasteiger charge is -2.25. The van der Waals surface area contributed by atoms with Crippen molar-refractivity contribution in [1.29, 1.82) is 0 Å². The lowest BCUT2D eigenvalue weighted by Crippen LogP contribution is -2.39. The van der Waals surface area contributed by atoms with Crippen LogP contribution in [0.4, 0.5) is 9.93 Å². The molecule has 1 atom stereocenters. The standard InChI is InChI=1S/C19H24N4O2S/c24-19(22-18-21-16-5-1-2-6-17(16)26-18)23(13-15-4-3-11-25-15)12-14-7-9-20-10-8-14/h7-10,15H,1-6,11-13H2,(H,21,22,24). The third kappa shape index (κ3) is 4.22. The minimum absolute atomic E-state index is 0.108. The number of aromatic nitrogens is 2. The molecular formula is C19H24N4O2S. The van der Waals surface area contributed by atoms with Crippen molar-refractivity contribution in [3.63, 3.8) is 0 Å². The molecule has 1 aliphatic heterocycles. The fraction of sp³-hybridized carbons (Fsp3) is 0.526. The SMILES string of the molecule is O=C(Nc1nc2c(s1)CCCC2)N(Cc1ccncc1)CC1CCCO1. The van der Waals surface area contributed by atoms with Gasteiger partial charge in [-0.05, 0) is 56.2 Å². The number of aryl methyl sites for hydroxylation is 2. The van der Waals surface area contributed by atoms with Crippen LogP contribution in [0.15, 0.2) is 24.5 Å². The predicted molar refractivity (Wildman–Crippen MR) is 101 cm³/mol. The molecule has 0 spiro atoms. The first-order chi connectivity index (χ1) is 12.8. The molecule has 26 heavy (non-hydrogen) atoms. The van der Waals surface area contributed by atoms with Gasteiger partial charge in [0.1, 0.15) is 0 Å². The highest BCUT2D eigenvalue weighted by Crippen LogP contribution is 2.29. The highest BCUT2D eigenvalue weighted by atomic mass is 32.1. The molecule has 1 aliphatic carbocycles. The molecule has 1 unspecified atom stereocenters. The molecule has 1 N–H and O–H groups in total. The zero-order chi connectivity index (χ0) is 17.8. The van der Waals surface area contributed by atoms with Gasteiger partial charge < -0.3 is 9.64 Å². The van der Waals surface area contributed by atoms with E-state index < -0.39 is 0 Å². The molecule has 6 nitrogen and oxygen atoms in total. The molecule has 0 radical (unpaired) electrons. The third-order valence-electron chi connectivity index (χ3n) is 4.92. The fourth-order valence-electron chi connectivity index (χ4n) is 3.54. The molecule has 0 aromatic carbocycles. The summed E-state index contributed by atoms with van der Waals surface area (Å²) in [5, 5.41) is 3.73. The third-order valence-corrected chi connectivity index (χ3v) is 5.99. The summed E-state index contributed by atoms with van der Waals surface area (Å²) in [6.07, 6.45) is 10.2. The number of thiazole rings is 1. The number of anilines is 1. The number of urea groups is 1. The molecule has 1 fully saturated rings. The number of pyridine rings is 1. The highest BCUT2D eigenvalue weighted by molar-refractivity contribution is 7.15. The molecule has 138 valence electrons. The molecule has 4 rings (SSSR count). The number of hydrogen-bond donors (Lipinski definition) is 1. The smallest absolute Gasteiger partial charge is 0.324 e. The van der Waals surface area contributed by atoms with E-state index >= 15 is 0 Å². The minimum Gasteiger partial charge on any atom is -0.376 e. The second-order valence-electron chi connectivity index (χ2n) is 6.90. The number of carbonyl (C=O) groups excluding carboxylic acids is 1. The van der Waals surface area contributed by atoms with Crippen LogP contribution < -0.4 is 5.32 Å². The number of hydrogen-bond acceptors (Lipinski definition) is 5. The summed E-state index contributed by atoms with van der Waals surface area (Å²) >= 11 is 1.62. The van der Waals surface area contributed by atoms with Gasteiger partial charge in [-0.2, -0.15) is 0 Å². The maximum absolute atomic E-state index is 12.9. The van der Waals surface area contributed by atoms with Gasteiger partial charge in [-0.15, -0.1) is 11.3 Å². The van der Waals surface area contributed by atoms with Crippen LogP contribution in [-0.4, -0.2) is 40.2 Å². The number of fused-ring (bicyclic) bond motifs is 1. The summed E-state index contributed by atoms with van der Waals surface area (Å²) in [7, 11) is 0. The number of nitrogens with zero attached hydrogens (tertiary/aromatic N) is 3. The quantitative estimate of drug-likeness (QED) is 0.870. The summed E-state index contributed by atoms with van der Waals surface area (Å²) in [5.74, 6) is 0. The largest absolute Gasteiger partial charge is 0.376 e. The van der Waals surface area contributed by atoms with E-state index in [9.17, 15) is 4.79 Å². The number of rotatable bonds is 5. The summed E-state index contributed by atoms with van der Waals surface area (Å²) in [4.78, 5) is 24.8. The van der Waals surface area contributed by atoms with Crippen molar-refractivity contribution in [1.82, 2.24) is 14.9 Å². The zero-order valence-corrected chi connectivity index (χ0v) is 15.6. The van der Waals surface area contributed by atoms with Crippen molar-refractivity contribution < 1.29 is 9.53 Å². The monoisotopic (exact) mass is 372 g/mol. The first-order valence-corrected chi connectivity index (χ1v) is 10.1. The molecule has 2 aromatic rings. The van der Waals surface area contributed by atoms with Crippen LogP contribution in [0.3, 0.4) is 0 Å². The lowest BCUT2D eigenvalue weighted by atomic mass is 10.0. The molecule has 0 bridgehead atoms. The van der Waals surface area contributed by atoms with Gasteiger partial charge in [0.05, 0.1) is 11.8 Å². The second kappa shape index (κ2) is 8.14. The van der Waals surface area contributed by atoms with Crippen molar-refractivity contribution in [2.45, 2.75) is 51.2 Å². The van der Waals surface area contributed by atoms with Gasteiger partial charge in [-0.3, -0.25) is 10.3 Å². The molecule has 7 heteroatoms. The van der Waals surface area contributed by atoms with Crippen LogP contribution >= 0.6 is 11.3 Å². The average Bonchev–Trinajstić information content (AvgIpc) is 3.31. The van der Waals surface area contributed by atoms with Crippen molar-refractivity contribution in [3.8, 4) is 0 Å². The van der Waals surface area contributed by atoms with Gasteiger partial charge >= 0.3 is 6.03 Å². The van der Waals surface area contributed by atoms with Crippen molar-refractivity contribution in [2.24, 2.45) is 0 Å². The van der Waals surface area contributed by atoms with Crippen LogP contribution in [-0.2, 0) is 24.1 Å². The first kappa shape index (κ1) is 17.4. The Kier molecular flexibility index (Phi) is 5.45. The van der Waals surface area contributed by atoms with Gasteiger partial charge in [0.15, 0.2) is 5.13 Å². The predicted octanol–water partition coefficient (Wildman–Crippen LogP) is 3.63. The molecule has 3 heterocycles. The number of nitrogens with one attached hydrogen (secondary N) is 1. The summed E-state index contributed by atoms with van der Waals surface area (Å²) in [6.45, 7) is 1.92. The van der Waals surface area contributed by atoms with E-state index in [0.29, 0.717) is 18.2 Å². The van der Waals surface area contributed by atoms with Gasteiger partial charge in [-0.1, -0.05) is 0 Å². The Morgan fingerprint density at radius 3 is 2.88 bits per heavy atom. The maximum atomic E-state index is 12.9. The Morgan fingerprint density at radius 2 is 2.12 bits per heavy atom. The van der Waals surface area contributed by atoms with Gasteiger partial charge in [0, 0.05) is 37.0 Å². The Morgan fingerprint density at radius 1 is 1.27 bits per heavy atom. The van der Waals surface area contributed by atoms with Crippen LogP contribution in [0.2, 0.25) is 0 Å². The Labute approximate surface area is 157 Å². The maximum Gasteiger partial charge on any atom is 0.324 e. The summed E-state index contributed by atoms with van der Waals surface area (Å²) in [5.41, 5.74) is 2.22. The Hall–Kier alpha value is -1.99. The highest BCUT2D eigenvalue weighted by Gasteiger charge is 2.24. The first-order valence-electron chi connectivity index (χ1n) is 9.33. The van der Waals surface area contributed by atoms with Crippen LogP contribution in [0.5, 0.6) is 0 Å². The van der Waals surface area contributed by atoms with E-state index in [2.05, 4.69) is 15.3 Å². The Balaban J connectivity index is 1.46. The van der Waals surface area contributed by atoms with E-state index in [0.717, 1.165) is 43.5 Å². The molecule has 0 saturated carbocycles. The van der Waals surface area contributed by atoms with Crippen LogP contribution in [0.25, 0.3) is 0 Å². The lowest BCUT2D eigenvalue weighted by molar-refractivity contribution is 0.0819. The number of amides is 2. The fourth-order valence-corrected chi connectivity index (χ4v) is 4.58. The molecule has 2 amide bonds. The van der Waals surface area contributed by atoms with Gasteiger partial charge in [0.2, 0.25) is 0 Å². The van der Waals surface area contributed by atoms with E-state index in [-0.39, 0.29) is 12.1 Å². The van der Waals surface area contributed by atoms with Gasteiger partial charge in [-0.25, -0.2) is 9.78 Å². The van der Waals surface area contributed by atoms with Crippen LogP contribution in [0, 0.1) is 0 Å². The van der Waals surface area contributed by atoms with Crippen LogP contribution in [0.1, 0.15) is 41.8 Å². The van der Waals surface area contributed by atoms with E-state index in [1.165, 1.54) is 17.7 Å². The summed E-state index contributed by atoms with van der Waals surface area (Å²) < 4.78 is 5.74. The van der Waals surface area contributed by atoms with E-state index in [1.54, 1.807) is 23.7 Å². The van der Waals surface area contributed by atoms with Crippen molar-refractivity contribution in [2.75, 3.05) is 18.5 Å². The zero-order valence-electron chi connectivity index (χ0n) is 14.8. The van der Waals surface area contributed by atoms with Gasteiger partial charge in [0.25, 0.3) is 0 Å². The number of carbonyl (C=O) groups is 1. The van der Waals surface area contributed by atoms with E-state index in [1.807, 2.05) is 17.0 Å². The summed E-state index contributed by atoms with van der Waals surface area (Å²) in [6, 6.07) is 3.78. The number of ether oxygens (including phenoxy) is 1. The molecule has 2 aromatic heterocycles. The second-order valence-corrected chi connectivity index (χ2v) is 7.98. The Bertz CT molecular complexity index is 720. The molecule has 1 saturated heterocycles. The minimum atomic E-state index is -0.108. The topological polar surface area (TPSA) is 67.4 Å². The van der Waals surface area contributed by atoms with E-state index in [4.69, 9.17) is 4.74 Å². The normalized spacial score (nSPS) is 19.2.